The molecule has 1 aliphatic rings. The van der Waals surface area contributed by atoms with Gasteiger partial charge in [-0.15, -0.1) is 0 Å². The quantitative estimate of drug-likeness (QED) is 0.653. The van der Waals surface area contributed by atoms with Crippen molar-refractivity contribution in [2.24, 2.45) is 0 Å². The Kier molecular flexibility index (Phi) is 4.79. The van der Waals surface area contributed by atoms with Crippen molar-refractivity contribution in [3.05, 3.63) is 69.2 Å². The first-order valence-corrected chi connectivity index (χ1v) is 8.07. The second kappa shape index (κ2) is 6.98. The summed E-state index contributed by atoms with van der Waals surface area (Å²) in [6.07, 6.45) is 1.06. The van der Waals surface area contributed by atoms with Crippen molar-refractivity contribution in [1.82, 2.24) is 0 Å². The predicted molar refractivity (Wildman–Crippen MR) is 91.0 cm³/mol. The molecule has 1 fully saturated rings. The van der Waals surface area contributed by atoms with E-state index in [0.717, 1.165) is 31.7 Å². The molecule has 2 N–H and O–H groups in total. The molecule has 1 saturated heterocycles. The summed E-state index contributed by atoms with van der Waals surface area (Å²) < 4.78 is 0. The van der Waals surface area contributed by atoms with E-state index in [4.69, 9.17) is 11.6 Å². The zero-order valence-corrected chi connectivity index (χ0v) is 13.4. The fourth-order valence-electron chi connectivity index (χ4n) is 3.05. The van der Waals surface area contributed by atoms with Crippen LogP contribution in [0, 0.1) is 10.1 Å². The number of quaternary nitrogens is 1. The molecule has 1 unspecified atom stereocenters. The molecule has 1 aliphatic heterocycles. The number of rotatable bonds is 5. The van der Waals surface area contributed by atoms with E-state index in [9.17, 15) is 10.1 Å². The van der Waals surface area contributed by atoms with Gasteiger partial charge in [-0.1, -0.05) is 41.9 Å². The number of nitrogens with zero attached hydrogens (tertiary/aromatic N) is 1. The summed E-state index contributed by atoms with van der Waals surface area (Å²) in [5, 5.41) is 14.6. The van der Waals surface area contributed by atoms with Gasteiger partial charge < -0.3 is 10.2 Å². The van der Waals surface area contributed by atoms with Gasteiger partial charge in [-0.2, -0.15) is 0 Å². The number of hydrogen-bond donors (Lipinski definition) is 2. The van der Waals surface area contributed by atoms with Crippen LogP contribution in [0.2, 0.25) is 5.02 Å². The summed E-state index contributed by atoms with van der Waals surface area (Å²) in [6.45, 7) is 3.15. The van der Waals surface area contributed by atoms with Gasteiger partial charge in [-0.25, -0.2) is 0 Å². The first-order valence-electron chi connectivity index (χ1n) is 7.70. The minimum Gasteiger partial charge on any atom is -0.375 e. The monoisotopic (exact) mass is 332 g/mol. The van der Waals surface area contributed by atoms with Gasteiger partial charge in [-0.3, -0.25) is 10.1 Å². The van der Waals surface area contributed by atoms with Crippen LogP contribution in [0.25, 0.3) is 0 Å². The molecule has 0 aliphatic carbocycles. The highest BCUT2D eigenvalue weighted by atomic mass is 35.5. The zero-order valence-electron chi connectivity index (χ0n) is 12.7. The number of halogens is 1. The number of hydrogen-bond acceptors (Lipinski definition) is 3. The molecular weight excluding hydrogens is 314 g/mol. The SMILES string of the molecule is O=[N+]([O-])c1ccc(N[C@@H]2CC[NH+](Cc3ccccc3)C2)c(Cl)c1. The molecule has 23 heavy (non-hydrogen) atoms. The third kappa shape index (κ3) is 4.00. The van der Waals surface area contributed by atoms with Crippen molar-refractivity contribution in [2.45, 2.75) is 19.0 Å². The maximum atomic E-state index is 10.7. The Morgan fingerprint density at radius 3 is 2.74 bits per heavy atom. The van der Waals surface area contributed by atoms with Crippen molar-refractivity contribution in [3.8, 4) is 0 Å². The Morgan fingerprint density at radius 1 is 1.26 bits per heavy atom. The number of nitrogens with one attached hydrogen (secondary N) is 2. The minimum atomic E-state index is -0.434. The molecule has 1 heterocycles. The van der Waals surface area contributed by atoms with Crippen LogP contribution in [0.3, 0.4) is 0 Å². The van der Waals surface area contributed by atoms with Crippen LogP contribution in [0.15, 0.2) is 48.5 Å². The van der Waals surface area contributed by atoms with Crippen LogP contribution >= 0.6 is 11.6 Å². The second-order valence-corrected chi connectivity index (χ2v) is 6.32. The smallest absolute Gasteiger partial charge is 0.271 e. The normalized spacial score (nSPS) is 20.4. The summed E-state index contributed by atoms with van der Waals surface area (Å²) in [7, 11) is 0. The maximum absolute atomic E-state index is 10.7. The third-order valence-electron chi connectivity index (χ3n) is 4.20. The molecule has 2 aromatic rings. The van der Waals surface area contributed by atoms with E-state index in [2.05, 4.69) is 29.6 Å². The predicted octanol–water partition coefficient (Wildman–Crippen LogP) is 2.52. The molecule has 0 amide bonds. The van der Waals surface area contributed by atoms with Crippen molar-refractivity contribution in [3.63, 3.8) is 0 Å². The molecule has 120 valence electrons. The van der Waals surface area contributed by atoms with E-state index in [-0.39, 0.29) is 5.69 Å². The van der Waals surface area contributed by atoms with Crippen LogP contribution < -0.4 is 10.2 Å². The number of nitro benzene ring substituents is 1. The summed E-state index contributed by atoms with van der Waals surface area (Å²) in [6, 6.07) is 15.4. The molecule has 6 heteroatoms. The lowest BCUT2D eigenvalue weighted by Gasteiger charge is -2.15. The summed E-state index contributed by atoms with van der Waals surface area (Å²) >= 11 is 6.14. The van der Waals surface area contributed by atoms with E-state index in [1.165, 1.54) is 22.6 Å². The van der Waals surface area contributed by atoms with Crippen LogP contribution in [0.5, 0.6) is 0 Å². The van der Waals surface area contributed by atoms with E-state index >= 15 is 0 Å². The van der Waals surface area contributed by atoms with Crippen LogP contribution in [-0.2, 0) is 6.54 Å². The Morgan fingerprint density at radius 2 is 2.04 bits per heavy atom. The lowest BCUT2D eigenvalue weighted by molar-refractivity contribution is -0.901. The van der Waals surface area contributed by atoms with E-state index < -0.39 is 4.92 Å². The molecule has 2 aromatic carbocycles. The maximum Gasteiger partial charge on any atom is 0.271 e. The first kappa shape index (κ1) is 15.8. The lowest BCUT2D eigenvalue weighted by atomic mass is 10.2. The standard InChI is InChI=1S/C17H18ClN3O2/c18-16-10-15(21(22)23)6-7-17(16)19-14-8-9-20(12-14)11-13-4-2-1-3-5-13/h1-7,10,14,19H,8-9,11-12H2/p+1/t14-/m1/s1. The van der Waals surface area contributed by atoms with Gasteiger partial charge in [0, 0.05) is 24.1 Å². The van der Waals surface area contributed by atoms with E-state index in [1.54, 1.807) is 6.07 Å². The molecule has 3 rings (SSSR count). The highest BCUT2D eigenvalue weighted by Crippen LogP contribution is 2.27. The Balaban J connectivity index is 1.59. The molecule has 5 nitrogen and oxygen atoms in total. The van der Waals surface area contributed by atoms with Crippen molar-refractivity contribution < 1.29 is 9.82 Å². The third-order valence-corrected chi connectivity index (χ3v) is 4.51. The molecule has 0 bridgehead atoms. The highest BCUT2D eigenvalue weighted by Gasteiger charge is 2.26. The molecule has 0 radical (unpaired) electrons. The Labute approximate surface area is 140 Å². The van der Waals surface area contributed by atoms with Crippen LogP contribution in [-0.4, -0.2) is 24.1 Å². The van der Waals surface area contributed by atoms with Gasteiger partial charge in [0.05, 0.1) is 34.8 Å². The molecule has 0 saturated carbocycles. The lowest BCUT2D eigenvalue weighted by Crippen LogP contribution is -3.09. The molecule has 0 aromatic heterocycles. The van der Waals surface area contributed by atoms with Gasteiger partial charge in [0.25, 0.3) is 5.69 Å². The molecule has 2 atom stereocenters. The van der Waals surface area contributed by atoms with Gasteiger partial charge in [0.2, 0.25) is 0 Å². The summed E-state index contributed by atoms with van der Waals surface area (Å²) in [5.74, 6) is 0. The zero-order chi connectivity index (χ0) is 16.2. The van der Waals surface area contributed by atoms with Gasteiger partial charge in [-0.05, 0) is 6.07 Å². The number of likely N-dealkylation sites (tertiary alicyclic amines) is 1. The van der Waals surface area contributed by atoms with Crippen LogP contribution in [0.1, 0.15) is 12.0 Å². The van der Waals surface area contributed by atoms with Crippen LogP contribution in [0.4, 0.5) is 11.4 Å². The van der Waals surface area contributed by atoms with E-state index in [1.807, 2.05) is 6.07 Å². The minimum absolute atomic E-state index is 0.0169. The number of anilines is 1. The fraction of sp³-hybridized carbons (Fsp3) is 0.294. The number of nitro groups is 1. The fourth-order valence-corrected chi connectivity index (χ4v) is 3.28. The number of benzene rings is 2. The van der Waals surface area contributed by atoms with Gasteiger partial charge in [0.1, 0.15) is 6.54 Å². The summed E-state index contributed by atoms with van der Waals surface area (Å²) in [5.41, 5.74) is 2.13. The summed E-state index contributed by atoms with van der Waals surface area (Å²) in [4.78, 5) is 11.8. The van der Waals surface area contributed by atoms with E-state index in [0.29, 0.717) is 11.1 Å². The van der Waals surface area contributed by atoms with Gasteiger partial charge >= 0.3 is 0 Å². The number of non-ortho nitro benzene ring substituents is 1. The highest BCUT2D eigenvalue weighted by molar-refractivity contribution is 6.33. The van der Waals surface area contributed by atoms with Crippen molar-refractivity contribution in [2.75, 3.05) is 18.4 Å². The largest absolute Gasteiger partial charge is 0.375 e. The first-order chi connectivity index (χ1) is 11.1. The average Bonchev–Trinajstić information content (AvgIpc) is 2.97. The second-order valence-electron chi connectivity index (χ2n) is 5.92. The molecule has 0 spiro atoms. The Bertz CT molecular complexity index is 693. The molecular formula is C17H19ClN3O2+. The van der Waals surface area contributed by atoms with Crippen molar-refractivity contribution in [1.29, 1.82) is 0 Å². The van der Waals surface area contributed by atoms with Gasteiger partial charge in [0.15, 0.2) is 0 Å². The topological polar surface area (TPSA) is 59.6 Å². The van der Waals surface area contributed by atoms with Crippen molar-refractivity contribution >= 4 is 23.0 Å². The Hall–Kier alpha value is -2.11. The average molecular weight is 333 g/mol.